The lowest BCUT2D eigenvalue weighted by Crippen LogP contribution is -2.45. The topological polar surface area (TPSA) is 69.6 Å². The number of carbonyl (C=O) groups is 1. The van der Waals surface area contributed by atoms with Gasteiger partial charge < -0.3 is 15.5 Å². The number of rotatable bonds is 47. The number of amides is 1. The molecule has 4 nitrogen and oxygen atoms in total. The van der Waals surface area contributed by atoms with Crippen molar-refractivity contribution >= 4 is 5.91 Å². The van der Waals surface area contributed by atoms with E-state index in [2.05, 4.69) is 141 Å². The molecule has 0 radical (unpaired) electrons. The molecule has 0 aliphatic heterocycles. The third-order valence-electron chi connectivity index (χ3n) is 11.4. The minimum absolute atomic E-state index is 0.0785. The lowest BCUT2D eigenvalue weighted by molar-refractivity contribution is -0.123. The summed E-state index contributed by atoms with van der Waals surface area (Å²) in [4.78, 5) is 12.4. The predicted molar refractivity (Wildman–Crippen MR) is 289 cm³/mol. The molecule has 0 aliphatic carbocycles. The summed E-state index contributed by atoms with van der Waals surface area (Å²) in [5, 5.41) is 23.1. The molecule has 0 aliphatic rings. The summed E-state index contributed by atoms with van der Waals surface area (Å²) in [6.07, 6.45) is 85.9. The zero-order valence-electron chi connectivity index (χ0n) is 42.2. The number of aliphatic hydroxyl groups is 2. The minimum Gasteiger partial charge on any atom is -0.394 e. The van der Waals surface area contributed by atoms with Crippen molar-refractivity contribution in [2.75, 3.05) is 6.61 Å². The monoisotopic (exact) mass is 896 g/mol. The lowest BCUT2D eigenvalue weighted by atomic mass is 10.0. The fourth-order valence-electron chi connectivity index (χ4n) is 7.32. The van der Waals surface area contributed by atoms with Crippen molar-refractivity contribution in [2.45, 2.75) is 238 Å². The van der Waals surface area contributed by atoms with Crippen molar-refractivity contribution in [1.82, 2.24) is 5.32 Å². The molecule has 3 N–H and O–H groups in total. The van der Waals surface area contributed by atoms with Gasteiger partial charge in [-0.1, -0.05) is 257 Å². The number of nitrogens with one attached hydrogen (secondary N) is 1. The predicted octanol–water partition coefficient (Wildman–Crippen LogP) is 17.9. The van der Waals surface area contributed by atoms with E-state index in [0.29, 0.717) is 6.42 Å². The zero-order chi connectivity index (χ0) is 47.0. The molecule has 0 saturated heterocycles. The van der Waals surface area contributed by atoms with Crippen molar-refractivity contribution < 1.29 is 15.0 Å². The SMILES string of the molecule is CC/C=C\C/C=C\C/C=C\C/C=C\C/C=C\C/C=C\C/C=C\C/C=C\C/C=C\C/C=C\CCCCCCCCCCC(=O)NC(CO)C(O)/C=C/CCCCCCCCCCCCCC. The van der Waals surface area contributed by atoms with Crippen LogP contribution in [0.15, 0.2) is 134 Å². The van der Waals surface area contributed by atoms with Crippen LogP contribution in [0.25, 0.3) is 0 Å². The van der Waals surface area contributed by atoms with Gasteiger partial charge in [0.1, 0.15) is 0 Å². The first-order valence-electron chi connectivity index (χ1n) is 26.9. The fourth-order valence-corrected chi connectivity index (χ4v) is 7.32. The summed E-state index contributed by atoms with van der Waals surface area (Å²) in [6, 6.07) is -0.635. The molecule has 0 spiro atoms. The molecule has 2 unspecified atom stereocenters. The van der Waals surface area contributed by atoms with E-state index in [0.717, 1.165) is 103 Å². The Hall–Kier alpha value is -3.47. The van der Waals surface area contributed by atoms with Crippen LogP contribution in [0.4, 0.5) is 0 Å². The van der Waals surface area contributed by atoms with Gasteiger partial charge in [0.15, 0.2) is 0 Å². The quantitative estimate of drug-likeness (QED) is 0.0421. The first-order valence-corrected chi connectivity index (χ1v) is 26.9. The van der Waals surface area contributed by atoms with Gasteiger partial charge in [0.05, 0.1) is 18.8 Å². The van der Waals surface area contributed by atoms with Gasteiger partial charge in [-0.2, -0.15) is 0 Å². The summed E-state index contributed by atoms with van der Waals surface area (Å²) in [7, 11) is 0. The number of hydrogen-bond acceptors (Lipinski definition) is 3. The van der Waals surface area contributed by atoms with E-state index in [-0.39, 0.29) is 12.5 Å². The first-order chi connectivity index (χ1) is 32.2. The third-order valence-corrected chi connectivity index (χ3v) is 11.4. The van der Waals surface area contributed by atoms with Gasteiger partial charge in [-0.15, -0.1) is 0 Å². The van der Waals surface area contributed by atoms with Gasteiger partial charge in [-0.25, -0.2) is 0 Å². The Morgan fingerprint density at radius 1 is 0.385 bits per heavy atom. The van der Waals surface area contributed by atoms with Gasteiger partial charge in [0.25, 0.3) is 0 Å². The number of unbranched alkanes of at least 4 members (excludes halogenated alkanes) is 20. The molecule has 0 aromatic rings. The summed E-state index contributed by atoms with van der Waals surface area (Å²) in [5.74, 6) is -0.0785. The molecule has 0 heterocycles. The number of carbonyl (C=O) groups excluding carboxylic acids is 1. The first kappa shape index (κ1) is 61.5. The van der Waals surface area contributed by atoms with Crippen LogP contribution in [0, 0.1) is 0 Å². The lowest BCUT2D eigenvalue weighted by Gasteiger charge is -2.20. The molecule has 4 heteroatoms. The van der Waals surface area contributed by atoms with Crippen LogP contribution >= 0.6 is 0 Å². The maximum atomic E-state index is 12.4. The molecule has 0 rings (SSSR count). The van der Waals surface area contributed by atoms with E-state index in [1.165, 1.54) is 103 Å². The maximum absolute atomic E-state index is 12.4. The fraction of sp³-hybridized carbons (Fsp3) is 0.623. The standard InChI is InChI=1S/C61H101NO3/c1-3-5-7-9-11-13-15-17-19-20-21-22-23-24-25-26-27-28-29-30-31-32-33-34-35-36-37-38-39-40-41-42-43-45-47-49-51-53-55-57-61(65)62-59(58-63)60(64)56-54-52-50-48-46-44-18-16-14-12-10-8-6-4-2/h5,7,11,13,17,19,21-22,24-25,27-28,30-31,33-34,36-37,39-40,54,56,59-60,63-64H,3-4,6,8-10,12,14-16,18,20,23,26,29,32,35,38,41-53,55,57-58H2,1-2H3,(H,62,65)/b7-5-,13-11-,19-17-,22-21-,25-24-,28-27-,31-30-,34-33-,37-36-,40-39-,56-54+. The van der Waals surface area contributed by atoms with Gasteiger partial charge >= 0.3 is 0 Å². The van der Waals surface area contributed by atoms with Crippen molar-refractivity contribution in [2.24, 2.45) is 0 Å². The van der Waals surface area contributed by atoms with Crippen LogP contribution in [-0.2, 0) is 4.79 Å². The van der Waals surface area contributed by atoms with E-state index in [1.807, 2.05) is 6.08 Å². The molecule has 2 atom stereocenters. The maximum Gasteiger partial charge on any atom is 0.220 e. The molecule has 1 amide bonds. The zero-order valence-corrected chi connectivity index (χ0v) is 42.2. The van der Waals surface area contributed by atoms with E-state index < -0.39 is 12.1 Å². The highest BCUT2D eigenvalue weighted by atomic mass is 16.3. The molecule has 0 saturated carbocycles. The third kappa shape index (κ3) is 51.4. The van der Waals surface area contributed by atoms with Crippen molar-refractivity contribution in [3.63, 3.8) is 0 Å². The number of aliphatic hydroxyl groups excluding tert-OH is 2. The highest BCUT2D eigenvalue weighted by molar-refractivity contribution is 5.76. The Bertz CT molecular complexity index is 1340. The van der Waals surface area contributed by atoms with Crippen LogP contribution in [0.5, 0.6) is 0 Å². The summed E-state index contributed by atoms with van der Waals surface area (Å²) < 4.78 is 0. The Morgan fingerprint density at radius 3 is 1.02 bits per heavy atom. The van der Waals surface area contributed by atoms with Crippen LogP contribution < -0.4 is 5.32 Å². The second kappa shape index (κ2) is 54.9. The molecular formula is C61H101NO3. The molecule has 0 aromatic carbocycles. The van der Waals surface area contributed by atoms with Gasteiger partial charge in [0, 0.05) is 6.42 Å². The van der Waals surface area contributed by atoms with E-state index in [1.54, 1.807) is 6.08 Å². The highest BCUT2D eigenvalue weighted by Crippen LogP contribution is 2.14. The normalized spacial score (nSPS) is 14.0. The molecular weight excluding hydrogens is 795 g/mol. The van der Waals surface area contributed by atoms with E-state index in [4.69, 9.17) is 0 Å². The number of hydrogen-bond donors (Lipinski definition) is 3. The van der Waals surface area contributed by atoms with Crippen molar-refractivity contribution in [3.05, 3.63) is 134 Å². The van der Waals surface area contributed by atoms with Crippen LogP contribution in [0.1, 0.15) is 226 Å². The van der Waals surface area contributed by atoms with E-state index in [9.17, 15) is 15.0 Å². The minimum atomic E-state index is -0.851. The van der Waals surface area contributed by atoms with Gasteiger partial charge in [-0.05, 0) is 96.3 Å². The Kier molecular flexibility index (Phi) is 51.9. The van der Waals surface area contributed by atoms with Crippen molar-refractivity contribution in [3.8, 4) is 0 Å². The highest BCUT2D eigenvalue weighted by Gasteiger charge is 2.18. The van der Waals surface area contributed by atoms with Crippen LogP contribution in [0.2, 0.25) is 0 Å². The molecule has 0 aromatic heterocycles. The molecule has 368 valence electrons. The summed E-state index contributed by atoms with van der Waals surface area (Å²) in [6.45, 7) is 4.18. The van der Waals surface area contributed by atoms with Gasteiger partial charge in [0.2, 0.25) is 5.91 Å². The number of allylic oxidation sites excluding steroid dienone is 21. The van der Waals surface area contributed by atoms with Crippen LogP contribution in [-0.4, -0.2) is 34.9 Å². The Labute approximate surface area is 402 Å². The molecule has 0 fully saturated rings. The average Bonchev–Trinajstić information content (AvgIpc) is 3.31. The Balaban J connectivity index is 3.65. The smallest absolute Gasteiger partial charge is 0.220 e. The molecule has 0 bridgehead atoms. The van der Waals surface area contributed by atoms with Crippen LogP contribution in [0.3, 0.4) is 0 Å². The Morgan fingerprint density at radius 2 is 0.677 bits per heavy atom. The summed E-state index contributed by atoms with van der Waals surface area (Å²) in [5.41, 5.74) is 0. The second-order valence-electron chi connectivity index (χ2n) is 17.6. The summed E-state index contributed by atoms with van der Waals surface area (Å²) >= 11 is 0. The van der Waals surface area contributed by atoms with Gasteiger partial charge in [-0.3, -0.25) is 4.79 Å². The average molecular weight is 896 g/mol. The van der Waals surface area contributed by atoms with Crippen molar-refractivity contribution in [1.29, 1.82) is 0 Å². The molecule has 65 heavy (non-hydrogen) atoms. The largest absolute Gasteiger partial charge is 0.394 e. The van der Waals surface area contributed by atoms with E-state index >= 15 is 0 Å². The second-order valence-corrected chi connectivity index (χ2v) is 17.6.